The molecule has 2 heterocycles. The summed E-state index contributed by atoms with van der Waals surface area (Å²) >= 11 is 5.85. The van der Waals surface area contributed by atoms with Gasteiger partial charge in [0.05, 0.1) is 12.0 Å². The molecule has 0 saturated carbocycles. The SMILES string of the molecule is O=C(COC(=O)C1CCN(C(=O)c2ccc(Cl)cc2)CC1)NC[C@H]1CCCO1. The maximum atomic E-state index is 12.5. The zero-order valence-corrected chi connectivity index (χ0v) is 16.5. The molecule has 0 radical (unpaired) electrons. The Labute approximate surface area is 169 Å². The number of amides is 2. The van der Waals surface area contributed by atoms with Crippen LogP contribution < -0.4 is 5.32 Å². The number of piperidine rings is 1. The van der Waals surface area contributed by atoms with Crippen molar-refractivity contribution in [1.29, 1.82) is 0 Å². The minimum Gasteiger partial charge on any atom is -0.455 e. The fourth-order valence-corrected chi connectivity index (χ4v) is 3.56. The molecule has 7 nitrogen and oxygen atoms in total. The first kappa shape index (κ1) is 20.6. The molecule has 1 atom stereocenters. The van der Waals surface area contributed by atoms with Gasteiger partial charge in [0.25, 0.3) is 11.8 Å². The standard InChI is InChI=1S/C20H25ClN2O5/c21-16-5-3-14(4-6-16)19(25)23-9-7-15(8-10-23)20(26)28-13-18(24)22-12-17-2-1-11-27-17/h3-6,15,17H,1-2,7-13H2,(H,22,24)/t17-/m1/s1. The van der Waals surface area contributed by atoms with Crippen molar-refractivity contribution in [3.05, 3.63) is 34.9 Å². The number of benzene rings is 1. The number of likely N-dealkylation sites (tertiary alicyclic amines) is 1. The maximum Gasteiger partial charge on any atom is 0.309 e. The minimum absolute atomic E-state index is 0.0576. The van der Waals surface area contributed by atoms with Crippen molar-refractivity contribution in [3.63, 3.8) is 0 Å². The first-order valence-electron chi connectivity index (χ1n) is 9.62. The summed E-state index contributed by atoms with van der Waals surface area (Å²) in [6.45, 7) is 1.85. The number of ether oxygens (including phenoxy) is 2. The average Bonchev–Trinajstić information content (AvgIpc) is 3.24. The van der Waals surface area contributed by atoms with Gasteiger partial charge in [-0.3, -0.25) is 14.4 Å². The summed E-state index contributed by atoms with van der Waals surface area (Å²) in [6.07, 6.45) is 3.05. The summed E-state index contributed by atoms with van der Waals surface area (Å²) in [5, 5.41) is 3.30. The number of halogens is 1. The van der Waals surface area contributed by atoms with Crippen molar-refractivity contribution >= 4 is 29.4 Å². The molecule has 0 spiro atoms. The molecule has 8 heteroatoms. The van der Waals surface area contributed by atoms with Crippen molar-refractivity contribution in [1.82, 2.24) is 10.2 Å². The molecule has 2 aliphatic rings. The molecule has 2 fully saturated rings. The Hall–Kier alpha value is -2.12. The quantitative estimate of drug-likeness (QED) is 0.728. The van der Waals surface area contributed by atoms with Crippen LogP contribution in [0.5, 0.6) is 0 Å². The Morgan fingerprint density at radius 1 is 1.14 bits per heavy atom. The van der Waals surface area contributed by atoms with Gasteiger partial charge >= 0.3 is 5.97 Å². The Morgan fingerprint density at radius 2 is 1.86 bits per heavy atom. The van der Waals surface area contributed by atoms with Gasteiger partial charge in [-0.25, -0.2) is 0 Å². The first-order valence-corrected chi connectivity index (χ1v) is 10.0. The second-order valence-electron chi connectivity index (χ2n) is 7.12. The maximum absolute atomic E-state index is 12.5. The third kappa shape index (κ3) is 5.69. The minimum atomic E-state index is -0.383. The molecule has 2 amide bonds. The van der Waals surface area contributed by atoms with E-state index >= 15 is 0 Å². The second-order valence-corrected chi connectivity index (χ2v) is 7.56. The van der Waals surface area contributed by atoms with Crippen molar-refractivity contribution in [2.75, 3.05) is 32.8 Å². The van der Waals surface area contributed by atoms with Gasteiger partial charge < -0.3 is 19.7 Å². The van der Waals surface area contributed by atoms with Crippen LogP contribution in [0.4, 0.5) is 0 Å². The molecule has 0 unspecified atom stereocenters. The Balaban J connectivity index is 1.36. The van der Waals surface area contributed by atoms with Crippen LogP contribution in [0.2, 0.25) is 5.02 Å². The number of carbonyl (C=O) groups excluding carboxylic acids is 3. The molecule has 0 bridgehead atoms. The Morgan fingerprint density at radius 3 is 2.50 bits per heavy atom. The number of esters is 1. The summed E-state index contributed by atoms with van der Waals surface area (Å²) < 4.78 is 10.6. The topological polar surface area (TPSA) is 84.9 Å². The van der Waals surface area contributed by atoms with Gasteiger partial charge in [0.15, 0.2) is 6.61 Å². The fourth-order valence-electron chi connectivity index (χ4n) is 3.43. The average molecular weight is 409 g/mol. The number of nitrogens with zero attached hydrogens (tertiary/aromatic N) is 1. The van der Waals surface area contributed by atoms with E-state index in [2.05, 4.69) is 5.32 Å². The fraction of sp³-hybridized carbons (Fsp3) is 0.550. The summed E-state index contributed by atoms with van der Waals surface area (Å²) in [5.74, 6) is -1.07. The lowest BCUT2D eigenvalue weighted by atomic mass is 9.96. The predicted octanol–water partition coefficient (Wildman–Crippen LogP) is 2.03. The van der Waals surface area contributed by atoms with Gasteiger partial charge in [-0.15, -0.1) is 0 Å². The molecule has 1 aromatic rings. The summed E-state index contributed by atoms with van der Waals surface area (Å²) in [6, 6.07) is 6.76. The molecule has 152 valence electrons. The highest BCUT2D eigenvalue weighted by Gasteiger charge is 2.29. The van der Waals surface area contributed by atoms with Gasteiger partial charge in [-0.05, 0) is 49.9 Å². The molecule has 0 aliphatic carbocycles. The second kappa shape index (κ2) is 9.89. The number of carbonyl (C=O) groups is 3. The molecule has 1 aromatic carbocycles. The van der Waals surface area contributed by atoms with Crippen molar-refractivity contribution in [3.8, 4) is 0 Å². The Bertz CT molecular complexity index is 695. The van der Waals surface area contributed by atoms with E-state index in [0.29, 0.717) is 43.1 Å². The van der Waals surface area contributed by atoms with E-state index in [9.17, 15) is 14.4 Å². The Kier molecular flexibility index (Phi) is 7.28. The summed E-state index contributed by atoms with van der Waals surface area (Å²) in [4.78, 5) is 38.2. The van der Waals surface area contributed by atoms with E-state index in [4.69, 9.17) is 21.1 Å². The van der Waals surface area contributed by atoms with E-state index in [1.54, 1.807) is 29.2 Å². The lowest BCUT2D eigenvalue weighted by Gasteiger charge is -2.31. The highest BCUT2D eigenvalue weighted by molar-refractivity contribution is 6.30. The van der Waals surface area contributed by atoms with Crippen molar-refractivity contribution in [2.45, 2.75) is 31.8 Å². The van der Waals surface area contributed by atoms with Crippen LogP contribution in [0.3, 0.4) is 0 Å². The molecular formula is C20H25ClN2O5. The monoisotopic (exact) mass is 408 g/mol. The molecule has 2 aliphatic heterocycles. The van der Waals surface area contributed by atoms with E-state index in [1.807, 2.05) is 0 Å². The van der Waals surface area contributed by atoms with Crippen LogP contribution in [0, 0.1) is 5.92 Å². The van der Waals surface area contributed by atoms with Gasteiger partial charge in [0.1, 0.15) is 0 Å². The van der Waals surface area contributed by atoms with Crippen LogP contribution in [-0.4, -0.2) is 61.6 Å². The lowest BCUT2D eigenvalue weighted by Crippen LogP contribution is -2.41. The number of nitrogens with one attached hydrogen (secondary N) is 1. The van der Waals surface area contributed by atoms with E-state index in [1.165, 1.54) is 0 Å². The van der Waals surface area contributed by atoms with Crippen LogP contribution in [-0.2, 0) is 19.1 Å². The smallest absolute Gasteiger partial charge is 0.309 e. The lowest BCUT2D eigenvalue weighted by molar-refractivity contribution is -0.154. The predicted molar refractivity (Wildman–Crippen MR) is 103 cm³/mol. The van der Waals surface area contributed by atoms with Crippen LogP contribution in [0.15, 0.2) is 24.3 Å². The highest BCUT2D eigenvalue weighted by atomic mass is 35.5. The first-order chi connectivity index (χ1) is 13.5. The number of hydrogen-bond donors (Lipinski definition) is 1. The van der Waals surface area contributed by atoms with Gasteiger partial charge in [-0.2, -0.15) is 0 Å². The van der Waals surface area contributed by atoms with E-state index in [0.717, 1.165) is 19.4 Å². The summed E-state index contributed by atoms with van der Waals surface area (Å²) in [7, 11) is 0. The number of hydrogen-bond acceptors (Lipinski definition) is 5. The van der Waals surface area contributed by atoms with Crippen molar-refractivity contribution < 1.29 is 23.9 Å². The third-order valence-corrected chi connectivity index (χ3v) is 5.36. The normalized spacial score (nSPS) is 20.0. The van der Waals surface area contributed by atoms with Crippen LogP contribution in [0.25, 0.3) is 0 Å². The zero-order valence-electron chi connectivity index (χ0n) is 15.7. The molecule has 28 heavy (non-hydrogen) atoms. The van der Waals surface area contributed by atoms with Gasteiger partial charge in [0.2, 0.25) is 0 Å². The van der Waals surface area contributed by atoms with E-state index in [-0.39, 0.29) is 36.4 Å². The molecular weight excluding hydrogens is 384 g/mol. The van der Waals surface area contributed by atoms with Gasteiger partial charge in [0, 0.05) is 36.8 Å². The van der Waals surface area contributed by atoms with Gasteiger partial charge in [-0.1, -0.05) is 11.6 Å². The third-order valence-electron chi connectivity index (χ3n) is 5.10. The summed E-state index contributed by atoms with van der Waals surface area (Å²) in [5.41, 5.74) is 0.577. The van der Waals surface area contributed by atoms with Crippen LogP contribution in [0.1, 0.15) is 36.0 Å². The van der Waals surface area contributed by atoms with Crippen LogP contribution >= 0.6 is 11.6 Å². The number of rotatable bonds is 6. The molecule has 1 N–H and O–H groups in total. The largest absolute Gasteiger partial charge is 0.455 e. The highest BCUT2D eigenvalue weighted by Crippen LogP contribution is 2.21. The van der Waals surface area contributed by atoms with E-state index < -0.39 is 0 Å². The molecule has 3 rings (SSSR count). The zero-order chi connectivity index (χ0) is 19.9. The molecule has 2 saturated heterocycles. The molecule has 0 aromatic heterocycles. The van der Waals surface area contributed by atoms with Crippen molar-refractivity contribution in [2.24, 2.45) is 5.92 Å².